The van der Waals surface area contributed by atoms with Gasteiger partial charge in [-0.25, -0.2) is 0 Å². The van der Waals surface area contributed by atoms with E-state index in [1.807, 2.05) is 12.1 Å². The predicted octanol–water partition coefficient (Wildman–Crippen LogP) is 2.82. The molecule has 0 bridgehead atoms. The summed E-state index contributed by atoms with van der Waals surface area (Å²) in [5.74, 6) is 1.96. The number of methoxy groups -OCH3 is 2. The zero-order valence-electron chi connectivity index (χ0n) is 10.3. The normalized spacial score (nSPS) is 16.9. The van der Waals surface area contributed by atoms with Gasteiger partial charge in [0.1, 0.15) is 0 Å². The third kappa shape index (κ3) is 2.67. The van der Waals surface area contributed by atoms with Crippen molar-refractivity contribution in [1.82, 2.24) is 5.32 Å². The Morgan fingerprint density at radius 3 is 2.29 bits per heavy atom. The lowest BCUT2D eigenvalue weighted by Crippen LogP contribution is -2.26. The van der Waals surface area contributed by atoms with Crippen LogP contribution in [0.5, 0.6) is 11.5 Å². The van der Waals surface area contributed by atoms with E-state index in [0.717, 1.165) is 36.7 Å². The van der Waals surface area contributed by atoms with Gasteiger partial charge in [-0.05, 0) is 43.5 Å². The monoisotopic (exact) mass is 255 g/mol. The van der Waals surface area contributed by atoms with Gasteiger partial charge in [0.05, 0.1) is 14.2 Å². The van der Waals surface area contributed by atoms with E-state index in [9.17, 15) is 0 Å². The SMILES string of the molecule is COc1cc(Cl)c(C2CCNCC2)cc1OC. The van der Waals surface area contributed by atoms with Gasteiger partial charge in [-0.1, -0.05) is 11.6 Å². The lowest BCUT2D eigenvalue weighted by molar-refractivity contribution is 0.353. The minimum atomic E-state index is 0.517. The number of nitrogens with one attached hydrogen (secondary N) is 1. The number of benzene rings is 1. The Morgan fingerprint density at radius 1 is 1.12 bits per heavy atom. The molecule has 0 aromatic heterocycles. The molecule has 0 atom stereocenters. The van der Waals surface area contributed by atoms with E-state index in [-0.39, 0.29) is 0 Å². The van der Waals surface area contributed by atoms with Gasteiger partial charge in [0.15, 0.2) is 11.5 Å². The average molecular weight is 256 g/mol. The molecule has 0 unspecified atom stereocenters. The molecule has 1 fully saturated rings. The standard InChI is InChI=1S/C13H18ClNO2/c1-16-12-7-10(9-3-5-15-6-4-9)11(14)8-13(12)17-2/h7-9,15H,3-6H2,1-2H3. The minimum Gasteiger partial charge on any atom is -0.493 e. The highest BCUT2D eigenvalue weighted by molar-refractivity contribution is 6.31. The molecule has 1 aromatic rings. The number of ether oxygens (including phenoxy) is 2. The summed E-state index contributed by atoms with van der Waals surface area (Å²) in [6.07, 6.45) is 2.24. The van der Waals surface area contributed by atoms with Crippen molar-refractivity contribution in [3.8, 4) is 11.5 Å². The fraction of sp³-hybridized carbons (Fsp3) is 0.538. The summed E-state index contributed by atoms with van der Waals surface area (Å²) in [4.78, 5) is 0. The molecule has 1 heterocycles. The molecule has 0 radical (unpaired) electrons. The van der Waals surface area contributed by atoms with Crippen molar-refractivity contribution in [2.45, 2.75) is 18.8 Å². The van der Waals surface area contributed by atoms with Crippen LogP contribution in [0.2, 0.25) is 5.02 Å². The number of hydrogen-bond donors (Lipinski definition) is 1. The largest absolute Gasteiger partial charge is 0.493 e. The molecule has 1 aromatic carbocycles. The highest BCUT2D eigenvalue weighted by atomic mass is 35.5. The van der Waals surface area contributed by atoms with Crippen molar-refractivity contribution < 1.29 is 9.47 Å². The Morgan fingerprint density at radius 2 is 1.71 bits per heavy atom. The third-order valence-corrected chi connectivity index (χ3v) is 3.61. The van der Waals surface area contributed by atoms with E-state index in [2.05, 4.69) is 5.32 Å². The fourth-order valence-corrected chi connectivity index (χ4v) is 2.62. The van der Waals surface area contributed by atoms with Gasteiger partial charge in [0, 0.05) is 11.1 Å². The molecule has 0 saturated carbocycles. The van der Waals surface area contributed by atoms with Crippen molar-refractivity contribution >= 4 is 11.6 Å². The van der Waals surface area contributed by atoms with Crippen molar-refractivity contribution in [2.75, 3.05) is 27.3 Å². The first kappa shape index (κ1) is 12.5. The molecule has 2 rings (SSSR count). The second-order valence-corrected chi connectivity index (χ2v) is 4.66. The Balaban J connectivity index is 2.32. The van der Waals surface area contributed by atoms with Crippen LogP contribution in [0.25, 0.3) is 0 Å². The van der Waals surface area contributed by atoms with Crippen molar-refractivity contribution in [2.24, 2.45) is 0 Å². The molecule has 1 aliphatic heterocycles. The van der Waals surface area contributed by atoms with Crippen LogP contribution in [0.4, 0.5) is 0 Å². The highest BCUT2D eigenvalue weighted by Gasteiger charge is 2.20. The summed E-state index contributed by atoms with van der Waals surface area (Å²) < 4.78 is 10.6. The van der Waals surface area contributed by atoms with Crippen LogP contribution in [0, 0.1) is 0 Å². The predicted molar refractivity (Wildman–Crippen MR) is 69.4 cm³/mol. The Kier molecular flexibility index (Phi) is 4.13. The fourth-order valence-electron chi connectivity index (χ4n) is 2.32. The topological polar surface area (TPSA) is 30.5 Å². The molecule has 0 spiro atoms. The van der Waals surface area contributed by atoms with Crippen LogP contribution in [0.1, 0.15) is 24.3 Å². The maximum Gasteiger partial charge on any atom is 0.162 e. The second kappa shape index (κ2) is 5.61. The van der Waals surface area contributed by atoms with Crippen LogP contribution in [-0.2, 0) is 0 Å². The van der Waals surface area contributed by atoms with Crippen molar-refractivity contribution in [3.05, 3.63) is 22.7 Å². The van der Waals surface area contributed by atoms with Crippen molar-refractivity contribution in [1.29, 1.82) is 0 Å². The van der Waals surface area contributed by atoms with Gasteiger partial charge >= 0.3 is 0 Å². The Labute approximate surface area is 107 Å². The smallest absolute Gasteiger partial charge is 0.162 e. The molecular weight excluding hydrogens is 238 g/mol. The molecule has 1 N–H and O–H groups in total. The molecule has 94 valence electrons. The third-order valence-electron chi connectivity index (χ3n) is 3.28. The first-order chi connectivity index (χ1) is 8.26. The molecule has 4 heteroatoms. The molecular formula is C13H18ClNO2. The zero-order valence-corrected chi connectivity index (χ0v) is 11.0. The van der Waals surface area contributed by atoms with Gasteiger partial charge in [0.2, 0.25) is 0 Å². The Hall–Kier alpha value is -0.930. The minimum absolute atomic E-state index is 0.517. The van der Waals surface area contributed by atoms with Gasteiger partial charge in [0.25, 0.3) is 0 Å². The highest BCUT2D eigenvalue weighted by Crippen LogP contribution is 2.38. The van der Waals surface area contributed by atoms with Gasteiger partial charge in [-0.3, -0.25) is 0 Å². The lowest BCUT2D eigenvalue weighted by Gasteiger charge is -2.24. The van der Waals surface area contributed by atoms with E-state index in [4.69, 9.17) is 21.1 Å². The second-order valence-electron chi connectivity index (χ2n) is 4.25. The van der Waals surface area contributed by atoms with Crippen LogP contribution >= 0.6 is 11.6 Å². The summed E-state index contributed by atoms with van der Waals surface area (Å²) in [7, 11) is 3.27. The van der Waals surface area contributed by atoms with E-state index >= 15 is 0 Å². The summed E-state index contributed by atoms with van der Waals surface area (Å²) in [6.45, 7) is 2.10. The first-order valence-electron chi connectivity index (χ1n) is 5.88. The number of hydrogen-bond acceptors (Lipinski definition) is 3. The van der Waals surface area contributed by atoms with E-state index in [1.54, 1.807) is 14.2 Å². The van der Waals surface area contributed by atoms with E-state index < -0.39 is 0 Å². The average Bonchev–Trinajstić information content (AvgIpc) is 2.39. The number of rotatable bonds is 3. The summed E-state index contributed by atoms with van der Waals surface area (Å²) >= 11 is 6.31. The molecule has 17 heavy (non-hydrogen) atoms. The maximum absolute atomic E-state index is 6.31. The quantitative estimate of drug-likeness (QED) is 0.901. The maximum atomic E-state index is 6.31. The molecule has 1 saturated heterocycles. The summed E-state index contributed by atoms with van der Waals surface area (Å²) in [5, 5.41) is 4.13. The summed E-state index contributed by atoms with van der Waals surface area (Å²) in [5.41, 5.74) is 1.17. The van der Waals surface area contributed by atoms with Crippen LogP contribution < -0.4 is 14.8 Å². The molecule has 0 amide bonds. The molecule has 1 aliphatic rings. The lowest BCUT2D eigenvalue weighted by atomic mass is 9.90. The zero-order chi connectivity index (χ0) is 12.3. The Bertz CT molecular complexity index is 389. The van der Waals surface area contributed by atoms with Gasteiger partial charge in [-0.15, -0.1) is 0 Å². The molecule has 3 nitrogen and oxygen atoms in total. The van der Waals surface area contributed by atoms with E-state index in [0.29, 0.717) is 11.7 Å². The van der Waals surface area contributed by atoms with Gasteiger partial charge in [-0.2, -0.15) is 0 Å². The number of piperidine rings is 1. The van der Waals surface area contributed by atoms with E-state index in [1.165, 1.54) is 5.56 Å². The van der Waals surface area contributed by atoms with Crippen LogP contribution in [0.3, 0.4) is 0 Å². The number of halogens is 1. The van der Waals surface area contributed by atoms with Crippen molar-refractivity contribution in [3.63, 3.8) is 0 Å². The summed E-state index contributed by atoms with van der Waals surface area (Å²) in [6, 6.07) is 3.86. The molecule has 0 aliphatic carbocycles. The van der Waals surface area contributed by atoms with Crippen LogP contribution in [-0.4, -0.2) is 27.3 Å². The van der Waals surface area contributed by atoms with Crippen LogP contribution in [0.15, 0.2) is 12.1 Å². The van der Waals surface area contributed by atoms with Gasteiger partial charge < -0.3 is 14.8 Å². The first-order valence-corrected chi connectivity index (χ1v) is 6.26.